The van der Waals surface area contributed by atoms with E-state index in [-0.39, 0.29) is 34.7 Å². The van der Waals surface area contributed by atoms with Gasteiger partial charge >= 0.3 is 0 Å². The van der Waals surface area contributed by atoms with E-state index in [9.17, 15) is 18.0 Å². The molecule has 0 aliphatic carbocycles. The van der Waals surface area contributed by atoms with Crippen LogP contribution in [0.1, 0.15) is 23.2 Å². The first kappa shape index (κ1) is 22.8. The molecular weight excluding hydrogens is 438 g/mol. The lowest BCUT2D eigenvalue weighted by molar-refractivity contribution is -0.123. The minimum atomic E-state index is -3.95. The van der Waals surface area contributed by atoms with Crippen molar-refractivity contribution in [3.8, 4) is 0 Å². The lowest BCUT2D eigenvalue weighted by atomic mass is 9.96. The van der Waals surface area contributed by atoms with Crippen LogP contribution in [0.25, 0.3) is 0 Å². The van der Waals surface area contributed by atoms with Gasteiger partial charge in [0.05, 0.1) is 17.1 Å². The molecule has 1 heterocycles. The highest BCUT2D eigenvalue weighted by Gasteiger charge is 2.28. The summed E-state index contributed by atoms with van der Waals surface area (Å²) >= 11 is 5.92. The highest BCUT2D eigenvalue weighted by atomic mass is 35.5. The fourth-order valence-corrected chi connectivity index (χ4v) is 5.14. The molecule has 0 spiro atoms. The number of sulfonamides is 1. The van der Waals surface area contributed by atoms with Crippen LogP contribution in [0, 0.1) is 5.92 Å². The number of halogens is 1. The molecule has 0 saturated carbocycles. The highest BCUT2D eigenvalue weighted by Crippen LogP contribution is 2.26. The number of nitrogens with two attached hydrogens (primary N) is 1. The van der Waals surface area contributed by atoms with E-state index in [2.05, 4.69) is 6.58 Å². The Hall–Kier alpha value is -2.84. The van der Waals surface area contributed by atoms with Gasteiger partial charge in [-0.2, -0.15) is 0 Å². The van der Waals surface area contributed by atoms with Crippen molar-refractivity contribution in [3.05, 3.63) is 71.8 Å². The second-order valence-electron chi connectivity index (χ2n) is 7.30. The largest absolute Gasteiger partial charge is 0.369 e. The van der Waals surface area contributed by atoms with Crippen LogP contribution >= 0.6 is 11.6 Å². The maximum Gasteiger partial charge on any atom is 0.264 e. The van der Waals surface area contributed by atoms with Gasteiger partial charge in [-0.1, -0.05) is 23.7 Å². The first-order chi connectivity index (χ1) is 14.7. The molecular formula is C22H24ClN3O4S. The molecule has 0 radical (unpaired) electrons. The smallest absolute Gasteiger partial charge is 0.264 e. The van der Waals surface area contributed by atoms with Crippen LogP contribution in [-0.4, -0.2) is 44.8 Å². The molecule has 0 atom stereocenters. The molecule has 1 saturated heterocycles. The maximum atomic E-state index is 13.3. The van der Waals surface area contributed by atoms with Crippen molar-refractivity contribution in [2.24, 2.45) is 11.7 Å². The molecule has 0 aromatic heterocycles. The van der Waals surface area contributed by atoms with Crippen molar-refractivity contribution in [2.45, 2.75) is 17.7 Å². The summed E-state index contributed by atoms with van der Waals surface area (Å²) in [5.74, 6) is -0.867. The second-order valence-corrected chi connectivity index (χ2v) is 9.60. The second kappa shape index (κ2) is 9.53. The molecule has 1 fully saturated rings. The number of piperidine rings is 1. The van der Waals surface area contributed by atoms with Gasteiger partial charge in [-0.05, 0) is 55.3 Å². The van der Waals surface area contributed by atoms with E-state index in [1.54, 1.807) is 41.3 Å². The first-order valence-electron chi connectivity index (χ1n) is 9.82. The summed E-state index contributed by atoms with van der Waals surface area (Å²) in [6, 6.07) is 12.4. The van der Waals surface area contributed by atoms with Gasteiger partial charge < -0.3 is 10.6 Å². The Labute approximate surface area is 187 Å². The molecule has 0 unspecified atom stereocenters. The molecule has 0 bridgehead atoms. The third-order valence-corrected chi connectivity index (χ3v) is 7.30. The zero-order valence-corrected chi connectivity index (χ0v) is 18.5. The average Bonchev–Trinajstić information content (AvgIpc) is 2.78. The number of anilines is 1. The van der Waals surface area contributed by atoms with Crippen molar-refractivity contribution in [1.82, 2.24) is 4.90 Å². The Morgan fingerprint density at radius 1 is 1.16 bits per heavy atom. The average molecular weight is 462 g/mol. The van der Waals surface area contributed by atoms with Gasteiger partial charge in [-0.15, -0.1) is 6.58 Å². The number of hydrogen-bond acceptors (Lipinski definition) is 4. The zero-order chi connectivity index (χ0) is 22.6. The summed E-state index contributed by atoms with van der Waals surface area (Å²) < 4.78 is 27.9. The van der Waals surface area contributed by atoms with E-state index < -0.39 is 10.0 Å². The van der Waals surface area contributed by atoms with Crippen LogP contribution in [0.3, 0.4) is 0 Å². The molecule has 1 aliphatic rings. The molecule has 1 aliphatic heterocycles. The number of carbonyl (C=O) groups excluding carboxylic acids is 2. The summed E-state index contributed by atoms with van der Waals surface area (Å²) in [5.41, 5.74) is 6.06. The van der Waals surface area contributed by atoms with E-state index in [0.717, 1.165) is 0 Å². The molecule has 2 N–H and O–H groups in total. The molecule has 2 aromatic carbocycles. The number of carbonyl (C=O) groups is 2. The molecule has 2 amide bonds. The van der Waals surface area contributed by atoms with Gasteiger partial charge in [0, 0.05) is 29.6 Å². The van der Waals surface area contributed by atoms with Gasteiger partial charge in [0.2, 0.25) is 5.91 Å². The Morgan fingerprint density at radius 3 is 2.39 bits per heavy atom. The Balaban J connectivity index is 1.86. The number of nitrogens with zero attached hydrogens (tertiary/aromatic N) is 2. The fourth-order valence-electron chi connectivity index (χ4n) is 3.53. The Kier molecular flexibility index (Phi) is 7.02. The third kappa shape index (κ3) is 5.08. The lowest BCUT2D eigenvalue weighted by Crippen LogP contribution is -2.41. The summed E-state index contributed by atoms with van der Waals surface area (Å²) in [7, 11) is -3.95. The molecule has 9 heteroatoms. The van der Waals surface area contributed by atoms with Gasteiger partial charge in [-0.25, -0.2) is 8.42 Å². The number of likely N-dealkylation sites (tertiary alicyclic amines) is 1. The summed E-state index contributed by atoms with van der Waals surface area (Å²) in [5, 5.41) is 0.493. The quantitative estimate of drug-likeness (QED) is 0.640. The van der Waals surface area contributed by atoms with Crippen molar-refractivity contribution in [2.75, 3.05) is 23.9 Å². The molecule has 3 rings (SSSR count). The zero-order valence-electron chi connectivity index (χ0n) is 16.9. The SMILES string of the molecule is C=CCN(c1ccc(Cl)cc1)S(=O)(=O)c1cccc(C(=O)N2CCC(C(N)=O)CC2)c1. The van der Waals surface area contributed by atoms with Crippen LogP contribution in [-0.2, 0) is 14.8 Å². The number of amides is 2. The third-order valence-electron chi connectivity index (χ3n) is 5.26. The van der Waals surface area contributed by atoms with Gasteiger partial charge in [0.15, 0.2) is 0 Å². The topological polar surface area (TPSA) is 101 Å². The van der Waals surface area contributed by atoms with E-state index in [0.29, 0.717) is 36.6 Å². The number of primary amides is 1. The van der Waals surface area contributed by atoms with E-state index in [4.69, 9.17) is 17.3 Å². The van der Waals surface area contributed by atoms with Crippen molar-refractivity contribution in [3.63, 3.8) is 0 Å². The number of rotatable bonds is 7. The molecule has 2 aromatic rings. The van der Waals surface area contributed by atoms with Crippen molar-refractivity contribution < 1.29 is 18.0 Å². The van der Waals surface area contributed by atoms with E-state index in [1.165, 1.54) is 22.5 Å². The van der Waals surface area contributed by atoms with E-state index in [1.807, 2.05) is 0 Å². The Bertz CT molecular complexity index is 1080. The predicted molar refractivity (Wildman–Crippen MR) is 120 cm³/mol. The fraction of sp³-hybridized carbons (Fsp3) is 0.273. The molecule has 164 valence electrons. The predicted octanol–water partition coefficient (Wildman–Crippen LogP) is 3.06. The van der Waals surface area contributed by atoms with Crippen LogP contribution in [0.2, 0.25) is 5.02 Å². The summed E-state index contributed by atoms with van der Waals surface area (Å²) in [6.07, 6.45) is 2.50. The lowest BCUT2D eigenvalue weighted by Gasteiger charge is -2.30. The summed E-state index contributed by atoms with van der Waals surface area (Å²) in [4.78, 5) is 25.9. The summed E-state index contributed by atoms with van der Waals surface area (Å²) in [6.45, 7) is 4.51. The van der Waals surface area contributed by atoms with Gasteiger partial charge in [-0.3, -0.25) is 13.9 Å². The van der Waals surface area contributed by atoms with Crippen LogP contribution < -0.4 is 10.0 Å². The van der Waals surface area contributed by atoms with Crippen molar-refractivity contribution >= 4 is 39.1 Å². The van der Waals surface area contributed by atoms with Crippen LogP contribution in [0.4, 0.5) is 5.69 Å². The maximum absolute atomic E-state index is 13.3. The van der Waals surface area contributed by atoms with Gasteiger partial charge in [0.1, 0.15) is 0 Å². The minimum absolute atomic E-state index is 0.00201. The first-order valence-corrected chi connectivity index (χ1v) is 11.6. The molecule has 31 heavy (non-hydrogen) atoms. The number of hydrogen-bond donors (Lipinski definition) is 1. The normalized spacial score (nSPS) is 14.8. The van der Waals surface area contributed by atoms with Crippen LogP contribution in [0.5, 0.6) is 0 Å². The van der Waals surface area contributed by atoms with Crippen molar-refractivity contribution in [1.29, 1.82) is 0 Å². The minimum Gasteiger partial charge on any atom is -0.369 e. The van der Waals surface area contributed by atoms with E-state index >= 15 is 0 Å². The van der Waals surface area contributed by atoms with Gasteiger partial charge in [0.25, 0.3) is 15.9 Å². The molecule has 7 nitrogen and oxygen atoms in total. The monoisotopic (exact) mass is 461 g/mol. The van der Waals surface area contributed by atoms with Crippen LogP contribution in [0.15, 0.2) is 66.1 Å². The number of benzene rings is 2. The standard InChI is InChI=1S/C22H24ClN3O4S/c1-2-12-26(19-8-6-18(23)7-9-19)31(29,30)20-5-3-4-17(15-20)22(28)25-13-10-16(11-14-25)21(24)27/h2-9,15-16H,1,10-14H2,(H2,24,27). The highest BCUT2D eigenvalue weighted by molar-refractivity contribution is 7.92. The Morgan fingerprint density at radius 2 is 1.81 bits per heavy atom.